The maximum atomic E-state index is 9.98. The van der Waals surface area contributed by atoms with E-state index in [1.807, 2.05) is 0 Å². The normalized spacial score (nSPS) is 14.0. The molecule has 0 saturated carbocycles. The quantitative estimate of drug-likeness (QED) is 0.588. The number of alkyl halides is 3. The highest BCUT2D eigenvalue weighted by atomic mass is 79.9. The van der Waals surface area contributed by atoms with Gasteiger partial charge in [-0.2, -0.15) is 8.42 Å². The highest BCUT2D eigenvalue weighted by Crippen LogP contribution is 2.35. The second-order valence-corrected chi connectivity index (χ2v) is 8.68. The Morgan fingerprint density at radius 2 is 1.62 bits per heavy atom. The summed E-state index contributed by atoms with van der Waals surface area (Å²) in [6.07, 6.45) is 0. The number of halogens is 3. The average Bonchev–Trinajstić information content (AvgIpc) is 1.25. The van der Waals surface area contributed by atoms with Crippen LogP contribution in [0.4, 0.5) is 0 Å². The molecule has 0 aromatic rings. The third-order valence-corrected chi connectivity index (χ3v) is 3.92. The van der Waals surface area contributed by atoms with E-state index in [1.54, 1.807) is 0 Å². The molecule has 3 nitrogen and oxygen atoms in total. The topological polar surface area (TPSA) is 54.4 Å². The summed E-state index contributed by atoms with van der Waals surface area (Å²) in [4.78, 5) is 0. The molecule has 0 aliphatic heterocycles. The van der Waals surface area contributed by atoms with Crippen LogP contribution in [0, 0.1) is 0 Å². The third-order valence-electron chi connectivity index (χ3n) is 0.292. The van der Waals surface area contributed by atoms with Gasteiger partial charge in [0.05, 0.1) is 0 Å². The largest absolute Gasteiger partial charge is 0.305 e. The molecular weight excluding hydrogens is 287 g/mol. The van der Waals surface area contributed by atoms with Crippen LogP contribution in [0.5, 0.6) is 0 Å². The van der Waals surface area contributed by atoms with E-state index in [-0.39, 0.29) is 0 Å². The first kappa shape index (κ1) is 9.16. The van der Waals surface area contributed by atoms with Gasteiger partial charge in [0.1, 0.15) is 0 Å². The van der Waals surface area contributed by atoms with Gasteiger partial charge >= 0.3 is 10.1 Å². The van der Waals surface area contributed by atoms with E-state index in [0.717, 1.165) is 0 Å². The number of rotatable bonds is 1. The van der Waals surface area contributed by atoms with Gasteiger partial charge in [-0.15, -0.1) is 0 Å². The lowest BCUT2D eigenvalue weighted by atomic mass is 11.9. The van der Waals surface area contributed by atoms with Crippen molar-refractivity contribution in [3.8, 4) is 0 Å². The molecule has 7 heteroatoms. The fraction of sp³-hybridized carbons (Fsp3) is 1.00. The molecule has 0 aliphatic rings. The molecule has 8 heavy (non-hydrogen) atoms. The van der Waals surface area contributed by atoms with Crippen molar-refractivity contribution in [3.63, 3.8) is 0 Å². The summed E-state index contributed by atoms with van der Waals surface area (Å²) >= 11 is 9.89. The molecule has 0 unspecified atom stereocenters. The predicted molar refractivity (Wildman–Crippen MR) is 38.0 cm³/mol. The summed E-state index contributed by atoms with van der Waals surface area (Å²) in [5.74, 6) is 0. The Morgan fingerprint density at radius 1 is 1.50 bits per heavy atom. The molecule has 0 spiro atoms. The van der Waals surface area contributed by atoms with Crippen LogP contribution in [0.2, 0.25) is 0 Å². The van der Waals surface area contributed by atoms with Crippen molar-refractivity contribution in [2.45, 2.75) is 2.02 Å². The minimum Gasteiger partial charge on any atom is -0.283 e. The maximum Gasteiger partial charge on any atom is 0.305 e. The van der Waals surface area contributed by atoms with Gasteiger partial charge in [-0.1, -0.05) is 11.6 Å². The Labute approximate surface area is 68.4 Å². The van der Waals surface area contributed by atoms with Crippen molar-refractivity contribution < 1.29 is 13.0 Å². The lowest BCUT2D eigenvalue weighted by molar-refractivity contribution is 0.485. The molecular formula is CHBr2ClO3S. The summed E-state index contributed by atoms with van der Waals surface area (Å²) in [6, 6.07) is 0. The molecule has 0 fully saturated rings. The average molecular weight is 288 g/mol. The minimum atomic E-state index is -4.24. The number of hydrogen-bond acceptors (Lipinski definition) is 2. The van der Waals surface area contributed by atoms with Gasteiger partial charge in [0.2, 0.25) is 0 Å². The summed E-state index contributed by atoms with van der Waals surface area (Å²) in [7, 11) is -4.24. The molecule has 0 aliphatic carbocycles. The summed E-state index contributed by atoms with van der Waals surface area (Å²) in [5, 5.41) is 0. The van der Waals surface area contributed by atoms with Gasteiger partial charge in [-0.05, 0) is 31.9 Å². The Balaban J connectivity index is 4.53. The van der Waals surface area contributed by atoms with E-state index in [2.05, 4.69) is 31.9 Å². The Kier molecular flexibility index (Phi) is 2.77. The first-order chi connectivity index (χ1) is 3.25. The van der Waals surface area contributed by atoms with Crippen molar-refractivity contribution in [3.05, 3.63) is 0 Å². The van der Waals surface area contributed by atoms with Gasteiger partial charge < -0.3 is 0 Å². The van der Waals surface area contributed by atoms with Gasteiger partial charge in [-0.25, -0.2) is 0 Å². The molecule has 0 bridgehead atoms. The van der Waals surface area contributed by atoms with Crippen LogP contribution < -0.4 is 0 Å². The van der Waals surface area contributed by atoms with Crippen LogP contribution in [-0.4, -0.2) is 15.0 Å². The van der Waals surface area contributed by atoms with E-state index in [4.69, 9.17) is 16.2 Å². The van der Waals surface area contributed by atoms with E-state index >= 15 is 0 Å². The zero-order valence-electron chi connectivity index (χ0n) is 3.31. The van der Waals surface area contributed by atoms with Gasteiger partial charge in [-0.3, -0.25) is 4.55 Å². The van der Waals surface area contributed by atoms with E-state index in [1.165, 1.54) is 0 Å². The Bertz CT molecular complexity index is 166. The van der Waals surface area contributed by atoms with E-state index < -0.39 is 12.1 Å². The van der Waals surface area contributed by atoms with Crippen LogP contribution >= 0.6 is 43.5 Å². The van der Waals surface area contributed by atoms with Crippen molar-refractivity contribution in [1.29, 1.82) is 0 Å². The number of hydrogen-bond donors (Lipinski definition) is 1. The lowest BCUT2D eigenvalue weighted by Gasteiger charge is -2.04. The SMILES string of the molecule is O=S(=O)(O)C(Cl)(Br)Br. The fourth-order valence-corrected chi connectivity index (χ4v) is 0. The van der Waals surface area contributed by atoms with Crippen molar-refractivity contribution in [2.24, 2.45) is 0 Å². The van der Waals surface area contributed by atoms with Gasteiger partial charge in [0.25, 0.3) is 2.02 Å². The molecule has 0 aromatic carbocycles. The molecule has 0 heterocycles. The van der Waals surface area contributed by atoms with E-state index in [9.17, 15) is 8.42 Å². The van der Waals surface area contributed by atoms with Crippen LogP contribution in [0.3, 0.4) is 0 Å². The maximum absolute atomic E-state index is 9.98. The van der Waals surface area contributed by atoms with Crippen molar-refractivity contribution >= 4 is 53.6 Å². The van der Waals surface area contributed by atoms with Crippen molar-refractivity contribution in [1.82, 2.24) is 0 Å². The second-order valence-electron chi connectivity index (χ2n) is 0.921. The van der Waals surface area contributed by atoms with E-state index in [0.29, 0.717) is 0 Å². The van der Waals surface area contributed by atoms with Crippen LogP contribution in [0.25, 0.3) is 0 Å². The smallest absolute Gasteiger partial charge is 0.283 e. The fourth-order valence-electron chi connectivity index (χ4n) is 0. The molecule has 0 rings (SSSR count). The molecule has 0 atom stereocenters. The molecule has 0 radical (unpaired) electrons. The molecule has 0 amide bonds. The van der Waals surface area contributed by atoms with Crippen molar-refractivity contribution in [2.75, 3.05) is 0 Å². The molecule has 0 aromatic heterocycles. The Morgan fingerprint density at radius 3 is 1.62 bits per heavy atom. The Hall–Kier alpha value is 1.16. The first-order valence-corrected chi connectivity index (χ1v) is 4.69. The predicted octanol–water partition coefficient (Wildman–Crippen LogP) is 1.51. The zero-order chi connectivity index (χ0) is 7.00. The highest BCUT2D eigenvalue weighted by molar-refractivity contribution is 9.28. The zero-order valence-corrected chi connectivity index (χ0v) is 8.05. The first-order valence-electron chi connectivity index (χ1n) is 1.29. The van der Waals surface area contributed by atoms with Crippen LogP contribution in [0.1, 0.15) is 0 Å². The van der Waals surface area contributed by atoms with Crippen LogP contribution in [-0.2, 0) is 10.1 Å². The highest BCUT2D eigenvalue weighted by Gasteiger charge is 2.34. The lowest BCUT2D eigenvalue weighted by Crippen LogP contribution is -2.16. The molecule has 1 N–H and O–H groups in total. The summed E-state index contributed by atoms with van der Waals surface area (Å²) in [5.41, 5.74) is 0. The second kappa shape index (κ2) is 2.42. The summed E-state index contributed by atoms with van der Waals surface area (Å²) < 4.78 is 26.1. The molecule has 50 valence electrons. The minimum absolute atomic E-state index is 1.94. The standard InChI is InChI=1S/CHBr2ClO3S/c2-1(3,4)8(5,6)7/h(H,5,6,7). The van der Waals surface area contributed by atoms with Crippen LogP contribution in [0.15, 0.2) is 0 Å². The monoisotopic (exact) mass is 286 g/mol. The molecule has 0 saturated heterocycles. The third kappa shape index (κ3) is 2.63. The van der Waals surface area contributed by atoms with Gasteiger partial charge in [0, 0.05) is 0 Å². The van der Waals surface area contributed by atoms with Gasteiger partial charge in [0.15, 0.2) is 0 Å². The summed E-state index contributed by atoms with van der Waals surface area (Å²) in [6.45, 7) is 0.